The van der Waals surface area contributed by atoms with Gasteiger partial charge in [-0.1, -0.05) is 0 Å². The summed E-state index contributed by atoms with van der Waals surface area (Å²) in [5.41, 5.74) is 6.38. The number of benzene rings is 1. The third-order valence-electron chi connectivity index (χ3n) is 2.86. The number of hydrogen-bond donors (Lipinski definition) is 3. The summed E-state index contributed by atoms with van der Waals surface area (Å²) in [5, 5.41) is 7.70. The molecule has 1 aromatic carbocycles. The predicted molar refractivity (Wildman–Crippen MR) is 79.1 cm³/mol. The lowest BCUT2D eigenvalue weighted by molar-refractivity contribution is -0.114. The van der Waals surface area contributed by atoms with E-state index in [0.29, 0.717) is 5.69 Å². The second-order valence-electron chi connectivity index (χ2n) is 4.15. The number of carbonyl (C=O) groups excluding carboxylic acids is 1. The molecule has 0 bridgehead atoms. The zero-order chi connectivity index (χ0) is 15.3. The molecule has 1 aromatic rings. The highest BCUT2D eigenvalue weighted by Gasteiger charge is 2.15. The van der Waals surface area contributed by atoms with Gasteiger partial charge in [-0.15, -0.1) is 0 Å². The summed E-state index contributed by atoms with van der Waals surface area (Å²) in [7, 11) is -3.82. The van der Waals surface area contributed by atoms with Gasteiger partial charge >= 0.3 is 0 Å². The van der Waals surface area contributed by atoms with Gasteiger partial charge in [0, 0.05) is 13.1 Å². The fraction of sp³-hybridized carbons (Fsp3) is 0.417. The number of hydrogen-bond acceptors (Lipinski definition) is 5. The van der Waals surface area contributed by atoms with E-state index in [1.807, 2.05) is 18.7 Å². The zero-order valence-electron chi connectivity index (χ0n) is 11.6. The molecule has 8 heteroatoms. The highest BCUT2D eigenvalue weighted by atomic mass is 32.2. The van der Waals surface area contributed by atoms with Crippen molar-refractivity contribution in [2.45, 2.75) is 18.7 Å². The van der Waals surface area contributed by atoms with Crippen LogP contribution in [0.5, 0.6) is 0 Å². The number of carbonyl (C=O) groups is 1. The van der Waals surface area contributed by atoms with E-state index in [0.717, 1.165) is 18.8 Å². The number of amides is 1. The molecule has 0 radical (unpaired) electrons. The Morgan fingerprint density at radius 2 is 1.90 bits per heavy atom. The van der Waals surface area contributed by atoms with Gasteiger partial charge in [0.05, 0.1) is 22.8 Å². The molecular formula is C12H20N4O3S. The van der Waals surface area contributed by atoms with Gasteiger partial charge in [-0.25, -0.2) is 13.6 Å². The normalized spacial score (nSPS) is 11.2. The van der Waals surface area contributed by atoms with Gasteiger partial charge in [0.15, 0.2) is 0 Å². The van der Waals surface area contributed by atoms with E-state index in [1.54, 1.807) is 6.07 Å². The molecule has 0 atom stereocenters. The second kappa shape index (κ2) is 6.69. The Morgan fingerprint density at radius 3 is 2.35 bits per heavy atom. The van der Waals surface area contributed by atoms with Gasteiger partial charge in [0.2, 0.25) is 15.9 Å². The van der Waals surface area contributed by atoms with Gasteiger partial charge in [-0.05, 0) is 32.0 Å². The van der Waals surface area contributed by atoms with E-state index >= 15 is 0 Å². The molecule has 0 fully saturated rings. The molecule has 0 aliphatic heterocycles. The van der Waals surface area contributed by atoms with E-state index in [1.165, 1.54) is 12.1 Å². The summed E-state index contributed by atoms with van der Waals surface area (Å²) in [6.45, 7) is 5.18. The largest absolute Gasteiger partial charge is 0.370 e. The van der Waals surface area contributed by atoms with Gasteiger partial charge in [0.25, 0.3) is 0 Å². The monoisotopic (exact) mass is 300 g/mol. The van der Waals surface area contributed by atoms with Crippen molar-refractivity contribution >= 4 is 27.3 Å². The average Bonchev–Trinajstić information content (AvgIpc) is 2.40. The summed E-state index contributed by atoms with van der Waals surface area (Å²) in [6, 6.07) is 4.39. The molecule has 5 N–H and O–H groups in total. The lowest BCUT2D eigenvalue weighted by Crippen LogP contribution is -2.27. The summed E-state index contributed by atoms with van der Waals surface area (Å²) in [4.78, 5) is 13.4. The molecule has 0 heterocycles. The molecule has 112 valence electrons. The van der Waals surface area contributed by atoms with Gasteiger partial charge in [-0.2, -0.15) is 0 Å². The van der Waals surface area contributed by atoms with Crippen molar-refractivity contribution in [3.05, 3.63) is 18.2 Å². The summed E-state index contributed by atoms with van der Waals surface area (Å²) >= 11 is 0. The van der Waals surface area contributed by atoms with E-state index in [-0.39, 0.29) is 11.4 Å². The SMILES string of the molecule is CCN(CC)c1ccc(S(N)(=O)=O)cc1NC(=O)CN. The van der Waals surface area contributed by atoms with Crippen molar-refractivity contribution < 1.29 is 13.2 Å². The number of primary sulfonamides is 1. The minimum atomic E-state index is -3.82. The van der Waals surface area contributed by atoms with E-state index < -0.39 is 15.9 Å². The van der Waals surface area contributed by atoms with Gasteiger partial charge < -0.3 is 16.0 Å². The quantitative estimate of drug-likeness (QED) is 0.687. The third-order valence-corrected chi connectivity index (χ3v) is 3.77. The van der Waals surface area contributed by atoms with Crippen molar-refractivity contribution in [2.75, 3.05) is 29.9 Å². The zero-order valence-corrected chi connectivity index (χ0v) is 12.4. The van der Waals surface area contributed by atoms with E-state index in [2.05, 4.69) is 5.32 Å². The third kappa shape index (κ3) is 3.92. The number of nitrogens with zero attached hydrogens (tertiary/aromatic N) is 1. The smallest absolute Gasteiger partial charge is 0.238 e. The van der Waals surface area contributed by atoms with Crippen molar-refractivity contribution in [2.24, 2.45) is 10.9 Å². The highest BCUT2D eigenvalue weighted by molar-refractivity contribution is 7.89. The van der Waals surface area contributed by atoms with Crippen LogP contribution < -0.4 is 21.1 Å². The van der Waals surface area contributed by atoms with Crippen LogP contribution in [0.4, 0.5) is 11.4 Å². The first-order valence-corrected chi connectivity index (χ1v) is 7.79. The fourth-order valence-corrected chi connectivity index (χ4v) is 2.37. The standard InChI is InChI=1S/C12H20N4O3S/c1-3-16(4-2)11-6-5-9(20(14,18)19)7-10(11)15-12(17)8-13/h5-7H,3-4,8,13H2,1-2H3,(H,15,17)(H2,14,18,19). The van der Waals surface area contributed by atoms with Crippen LogP contribution in [0.15, 0.2) is 23.1 Å². The summed E-state index contributed by atoms with van der Waals surface area (Å²) in [6.07, 6.45) is 0. The Hall–Kier alpha value is -1.64. The fourth-order valence-electron chi connectivity index (χ4n) is 1.83. The number of anilines is 2. The maximum absolute atomic E-state index is 11.5. The van der Waals surface area contributed by atoms with Gasteiger partial charge in [0.1, 0.15) is 0 Å². The number of rotatable bonds is 6. The number of nitrogens with one attached hydrogen (secondary N) is 1. The van der Waals surface area contributed by atoms with Crippen molar-refractivity contribution in [1.82, 2.24) is 0 Å². The van der Waals surface area contributed by atoms with Crippen molar-refractivity contribution in [3.8, 4) is 0 Å². The van der Waals surface area contributed by atoms with Crippen LogP contribution in [0.3, 0.4) is 0 Å². The number of nitrogens with two attached hydrogens (primary N) is 2. The molecule has 0 aromatic heterocycles. The molecular weight excluding hydrogens is 280 g/mol. The Balaban J connectivity index is 3.33. The minimum Gasteiger partial charge on any atom is -0.370 e. The second-order valence-corrected chi connectivity index (χ2v) is 5.71. The van der Waals surface area contributed by atoms with Crippen molar-refractivity contribution in [3.63, 3.8) is 0 Å². The Labute approximate surface area is 119 Å². The molecule has 0 unspecified atom stereocenters. The minimum absolute atomic E-state index is 0.0549. The average molecular weight is 300 g/mol. The summed E-state index contributed by atoms with van der Waals surface area (Å²) in [5.74, 6) is -0.398. The molecule has 0 saturated carbocycles. The maximum Gasteiger partial charge on any atom is 0.238 e. The molecule has 0 saturated heterocycles. The lowest BCUT2D eigenvalue weighted by atomic mass is 10.2. The first-order valence-electron chi connectivity index (χ1n) is 6.25. The first-order chi connectivity index (χ1) is 9.33. The van der Waals surface area contributed by atoms with Crippen molar-refractivity contribution in [1.29, 1.82) is 0 Å². The highest BCUT2D eigenvalue weighted by Crippen LogP contribution is 2.28. The van der Waals surface area contributed by atoms with Crippen LogP contribution in [-0.4, -0.2) is 34.0 Å². The number of sulfonamides is 1. The van der Waals surface area contributed by atoms with Crippen LogP contribution in [0, 0.1) is 0 Å². The maximum atomic E-state index is 11.5. The Kier molecular flexibility index (Phi) is 5.49. The van der Waals surface area contributed by atoms with Crippen LogP contribution >= 0.6 is 0 Å². The van der Waals surface area contributed by atoms with Crippen LogP contribution in [0.2, 0.25) is 0 Å². The molecule has 7 nitrogen and oxygen atoms in total. The summed E-state index contributed by atoms with van der Waals surface area (Å²) < 4.78 is 22.8. The molecule has 0 aliphatic carbocycles. The molecule has 20 heavy (non-hydrogen) atoms. The Bertz CT molecular complexity index is 582. The van der Waals surface area contributed by atoms with Crippen LogP contribution in [0.25, 0.3) is 0 Å². The molecule has 1 rings (SSSR count). The van der Waals surface area contributed by atoms with E-state index in [4.69, 9.17) is 10.9 Å². The van der Waals surface area contributed by atoms with E-state index in [9.17, 15) is 13.2 Å². The molecule has 0 aliphatic rings. The molecule has 0 spiro atoms. The van der Waals surface area contributed by atoms with Gasteiger partial charge in [-0.3, -0.25) is 4.79 Å². The van der Waals surface area contributed by atoms with Crippen LogP contribution in [0.1, 0.15) is 13.8 Å². The topological polar surface area (TPSA) is 119 Å². The lowest BCUT2D eigenvalue weighted by Gasteiger charge is -2.24. The molecule has 1 amide bonds. The van der Waals surface area contributed by atoms with Crippen LogP contribution in [-0.2, 0) is 14.8 Å². The Morgan fingerprint density at radius 1 is 1.30 bits per heavy atom. The first kappa shape index (κ1) is 16.4. The predicted octanol–water partition coefficient (Wildman–Crippen LogP) is 0.0774.